The molecule has 0 fully saturated rings. The highest BCUT2D eigenvalue weighted by molar-refractivity contribution is 8.01. The van der Waals surface area contributed by atoms with Gasteiger partial charge in [0.25, 0.3) is 0 Å². The summed E-state index contributed by atoms with van der Waals surface area (Å²) in [5, 5.41) is 12.7. The molecule has 8 heteroatoms. The molecular formula is C16H21ClN4OS2. The van der Waals surface area contributed by atoms with Crippen LogP contribution in [0.1, 0.15) is 26.7 Å². The molecule has 130 valence electrons. The van der Waals surface area contributed by atoms with Crippen LogP contribution in [0.3, 0.4) is 0 Å². The number of anilines is 2. The van der Waals surface area contributed by atoms with E-state index < -0.39 is 0 Å². The summed E-state index contributed by atoms with van der Waals surface area (Å²) in [6, 6.07) is 7.43. The highest BCUT2D eigenvalue weighted by atomic mass is 35.5. The van der Waals surface area contributed by atoms with Crippen LogP contribution in [0.2, 0.25) is 5.02 Å². The maximum Gasteiger partial charge on any atom is 0.233 e. The highest BCUT2D eigenvalue weighted by Gasteiger charge is 2.14. The summed E-state index contributed by atoms with van der Waals surface area (Å²) in [4.78, 5) is 14.2. The van der Waals surface area contributed by atoms with Gasteiger partial charge in [-0.05, 0) is 31.0 Å². The third-order valence-corrected chi connectivity index (χ3v) is 5.33. The van der Waals surface area contributed by atoms with Crippen molar-refractivity contribution in [2.45, 2.75) is 31.0 Å². The molecule has 0 aliphatic carbocycles. The molecule has 24 heavy (non-hydrogen) atoms. The number of aromatic nitrogens is 2. The Hall–Kier alpha value is -1.31. The van der Waals surface area contributed by atoms with Gasteiger partial charge >= 0.3 is 0 Å². The van der Waals surface area contributed by atoms with E-state index in [1.165, 1.54) is 23.1 Å². The lowest BCUT2D eigenvalue weighted by Gasteiger charge is -2.20. The molecule has 5 nitrogen and oxygen atoms in total. The van der Waals surface area contributed by atoms with Gasteiger partial charge in [-0.1, -0.05) is 54.6 Å². The van der Waals surface area contributed by atoms with Crippen LogP contribution in [0.4, 0.5) is 10.8 Å². The largest absolute Gasteiger partial charge is 0.342 e. The molecule has 0 saturated heterocycles. The summed E-state index contributed by atoms with van der Waals surface area (Å²) in [6.45, 7) is 5.79. The number of carbonyl (C=O) groups excluding carboxylic acids is 1. The summed E-state index contributed by atoms with van der Waals surface area (Å²) in [5.41, 5.74) is 0.864. The Balaban J connectivity index is 1.88. The molecule has 0 bridgehead atoms. The van der Waals surface area contributed by atoms with Crippen molar-refractivity contribution < 1.29 is 4.79 Å². The number of amides is 1. The van der Waals surface area contributed by atoms with Crippen molar-refractivity contribution in [3.05, 3.63) is 29.3 Å². The Morgan fingerprint density at radius 3 is 2.71 bits per heavy atom. The number of carbonyl (C=O) groups is 1. The van der Waals surface area contributed by atoms with Crippen molar-refractivity contribution >= 4 is 51.4 Å². The molecule has 1 heterocycles. The predicted octanol–water partition coefficient (Wildman–Crippen LogP) is 4.68. The maximum absolute atomic E-state index is 12.3. The topological polar surface area (TPSA) is 58.1 Å². The van der Waals surface area contributed by atoms with Crippen molar-refractivity contribution in [2.75, 3.05) is 24.2 Å². The van der Waals surface area contributed by atoms with Crippen LogP contribution < -0.4 is 5.32 Å². The van der Waals surface area contributed by atoms with E-state index in [9.17, 15) is 4.79 Å². The fourth-order valence-corrected chi connectivity index (χ4v) is 3.99. The molecule has 1 aromatic heterocycles. The molecule has 0 radical (unpaired) electrons. The Labute approximate surface area is 155 Å². The molecule has 0 spiro atoms. The van der Waals surface area contributed by atoms with Crippen molar-refractivity contribution in [3.8, 4) is 0 Å². The second kappa shape index (κ2) is 9.86. The van der Waals surface area contributed by atoms with Gasteiger partial charge in [0.05, 0.1) is 5.75 Å². The summed E-state index contributed by atoms with van der Waals surface area (Å²) in [5.74, 6) is 0.550. The monoisotopic (exact) mass is 384 g/mol. The SMILES string of the molecule is CCCN(CCC)C(=O)CSc1nnc(Nc2cccc(Cl)c2)s1. The van der Waals surface area contributed by atoms with E-state index in [0.29, 0.717) is 15.9 Å². The molecule has 1 aromatic carbocycles. The summed E-state index contributed by atoms with van der Waals surface area (Å²) in [6.07, 6.45) is 1.95. The van der Waals surface area contributed by atoms with Gasteiger partial charge in [-0.2, -0.15) is 0 Å². The number of nitrogens with zero attached hydrogens (tertiary/aromatic N) is 3. The zero-order valence-electron chi connectivity index (χ0n) is 13.8. The van der Waals surface area contributed by atoms with Gasteiger partial charge in [-0.3, -0.25) is 4.79 Å². The third kappa shape index (κ3) is 5.96. The van der Waals surface area contributed by atoms with E-state index in [4.69, 9.17) is 11.6 Å². The Morgan fingerprint density at radius 1 is 1.29 bits per heavy atom. The number of nitrogens with one attached hydrogen (secondary N) is 1. The summed E-state index contributed by atoms with van der Waals surface area (Å²) >= 11 is 8.82. The number of rotatable bonds is 9. The number of benzene rings is 1. The van der Waals surface area contributed by atoms with E-state index >= 15 is 0 Å². The van der Waals surface area contributed by atoms with Crippen LogP contribution in [0.15, 0.2) is 28.6 Å². The first-order valence-corrected chi connectivity index (χ1v) is 10.1. The Bertz CT molecular complexity index is 659. The minimum Gasteiger partial charge on any atom is -0.342 e. The Morgan fingerprint density at radius 2 is 2.04 bits per heavy atom. The fraction of sp³-hybridized carbons (Fsp3) is 0.438. The second-order valence-corrected chi connectivity index (χ2v) is 7.81. The van der Waals surface area contributed by atoms with Crippen molar-refractivity contribution in [1.29, 1.82) is 0 Å². The standard InChI is InChI=1S/C16H21ClN4OS2/c1-3-8-21(9-4-2)14(22)11-23-16-20-19-15(24-16)18-13-7-5-6-12(17)10-13/h5-7,10H,3-4,8-9,11H2,1-2H3,(H,18,19). The molecule has 0 atom stereocenters. The number of hydrogen-bond donors (Lipinski definition) is 1. The zero-order valence-corrected chi connectivity index (χ0v) is 16.2. The molecule has 0 unspecified atom stereocenters. The van der Waals surface area contributed by atoms with Crippen LogP contribution in [0.5, 0.6) is 0 Å². The lowest BCUT2D eigenvalue weighted by Crippen LogP contribution is -2.33. The summed E-state index contributed by atoms with van der Waals surface area (Å²) < 4.78 is 0.779. The third-order valence-electron chi connectivity index (χ3n) is 3.14. The van der Waals surface area contributed by atoms with Crippen LogP contribution in [0.25, 0.3) is 0 Å². The molecule has 0 aliphatic heterocycles. The average Bonchev–Trinajstić information content (AvgIpc) is 3.00. The van der Waals surface area contributed by atoms with E-state index in [2.05, 4.69) is 29.4 Å². The highest BCUT2D eigenvalue weighted by Crippen LogP contribution is 2.28. The van der Waals surface area contributed by atoms with Crippen LogP contribution >= 0.6 is 34.7 Å². The van der Waals surface area contributed by atoms with Gasteiger partial charge in [-0.25, -0.2) is 0 Å². The van der Waals surface area contributed by atoms with Crippen molar-refractivity contribution in [3.63, 3.8) is 0 Å². The zero-order chi connectivity index (χ0) is 17.4. The summed E-state index contributed by atoms with van der Waals surface area (Å²) in [7, 11) is 0. The van der Waals surface area contributed by atoms with Gasteiger partial charge < -0.3 is 10.2 Å². The number of hydrogen-bond acceptors (Lipinski definition) is 6. The van der Waals surface area contributed by atoms with E-state index in [1.807, 2.05) is 29.2 Å². The number of halogens is 1. The Kier molecular flexibility index (Phi) is 7.81. The van der Waals surface area contributed by atoms with E-state index in [-0.39, 0.29) is 5.91 Å². The quantitative estimate of drug-likeness (QED) is 0.636. The molecule has 2 aromatic rings. The molecule has 0 aliphatic rings. The van der Waals surface area contributed by atoms with Crippen molar-refractivity contribution in [1.82, 2.24) is 15.1 Å². The lowest BCUT2D eigenvalue weighted by atomic mass is 10.3. The average molecular weight is 385 g/mol. The first kappa shape index (κ1) is 19.0. The molecule has 1 amide bonds. The lowest BCUT2D eigenvalue weighted by molar-refractivity contribution is -0.128. The first-order valence-electron chi connectivity index (χ1n) is 7.89. The smallest absolute Gasteiger partial charge is 0.233 e. The van der Waals surface area contributed by atoms with Crippen molar-refractivity contribution in [2.24, 2.45) is 0 Å². The first-order chi connectivity index (χ1) is 11.6. The van der Waals surface area contributed by atoms with Crippen LogP contribution in [-0.4, -0.2) is 39.8 Å². The van der Waals surface area contributed by atoms with Gasteiger partial charge in [0.2, 0.25) is 11.0 Å². The number of thioether (sulfide) groups is 1. The van der Waals surface area contributed by atoms with E-state index in [0.717, 1.165) is 36.0 Å². The second-order valence-electron chi connectivity index (χ2n) is 5.18. The maximum atomic E-state index is 12.3. The van der Waals surface area contributed by atoms with Gasteiger partial charge in [0.15, 0.2) is 4.34 Å². The van der Waals surface area contributed by atoms with Crippen LogP contribution in [-0.2, 0) is 4.79 Å². The van der Waals surface area contributed by atoms with Crippen LogP contribution in [0, 0.1) is 0 Å². The molecule has 1 N–H and O–H groups in total. The normalized spacial score (nSPS) is 10.6. The van der Waals surface area contributed by atoms with E-state index in [1.54, 1.807) is 0 Å². The predicted molar refractivity (Wildman–Crippen MR) is 103 cm³/mol. The minimum atomic E-state index is 0.156. The fourth-order valence-electron chi connectivity index (χ4n) is 2.12. The van der Waals surface area contributed by atoms with Gasteiger partial charge in [0, 0.05) is 23.8 Å². The molecule has 2 rings (SSSR count). The minimum absolute atomic E-state index is 0.156. The molecule has 0 saturated carbocycles. The molecular weight excluding hydrogens is 364 g/mol. The van der Waals surface area contributed by atoms with Gasteiger partial charge in [-0.15, -0.1) is 10.2 Å². The van der Waals surface area contributed by atoms with Gasteiger partial charge in [0.1, 0.15) is 0 Å².